The molecule has 7 nitrogen and oxygen atoms in total. The average molecular weight is 386 g/mol. The molecule has 1 aromatic rings. The molecule has 3 aliphatic rings. The first kappa shape index (κ1) is 19.1. The largest absolute Gasteiger partial charge is 0.370 e. The number of carbonyl (C=O) groups is 2. The average Bonchev–Trinajstić information content (AvgIpc) is 3.29. The van der Waals surface area contributed by atoms with Gasteiger partial charge in [-0.3, -0.25) is 4.79 Å². The molecule has 1 atom stereocenters. The third-order valence-corrected chi connectivity index (χ3v) is 5.93. The Bertz CT molecular complexity index is 691. The van der Waals surface area contributed by atoms with Crippen molar-refractivity contribution in [1.82, 2.24) is 9.80 Å². The summed E-state index contributed by atoms with van der Waals surface area (Å²) in [5.74, 6) is 0.0769. The fourth-order valence-electron chi connectivity index (χ4n) is 4.29. The highest BCUT2D eigenvalue weighted by molar-refractivity contribution is 5.93. The highest BCUT2D eigenvalue weighted by Gasteiger charge is 2.31. The van der Waals surface area contributed by atoms with Gasteiger partial charge in [0.15, 0.2) is 0 Å². The highest BCUT2D eigenvalue weighted by Crippen LogP contribution is 2.28. The van der Waals surface area contributed by atoms with Gasteiger partial charge in [0, 0.05) is 45.9 Å². The summed E-state index contributed by atoms with van der Waals surface area (Å²) in [6.07, 6.45) is 5.16. The molecule has 7 heteroatoms. The van der Waals surface area contributed by atoms with Crippen LogP contribution < -0.4 is 10.2 Å². The van der Waals surface area contributed by atoms with Crippen LogP contribution >= 0.6 is 0 Å². The van der Waals surface area contributed by atoms with Gasteiger partial charge in [-0.2, -0.15) is 0 Å². The Hall–Kier alpha value is -2.28. The normalized spacial score (nSPS) is 23.0. The van der Waals surface area contributed by atoms with E-state index in [1.807, 2.05) is 23.1 Å². The first-order valence-electron chi connectivity index (χ1n) is 10.5. The zero-order chi connectivity index (χ0) is 19.3. The fourth-order valence-corrected chi connectivity index (χ4v) is 4.29. The molecule has 4 rings (SSSR count). The van der Waals surface area contributed by atoms with E-state index in [1.54, 1.807) is 4.90 Å². The van der Waals surface area contributed by atoms with E-state index in [9.17, 15) is 9.59 Å². The van der Waals surface area contributed by atoms with Crippen molar-refractivity contribution in [2.24, 2.45) is 0 Å². The van der Waals surface area contributed by atoms with E-state index in [2.05, 4.69) is 16.3 Å². The summed E-state index contributed by atoms with van der Waals surface area (Å²) in [4.78, 5) is 31.3. The van der Waals surface area contributed by atoms with Crippen molar-refractivity contribution in [2.45, 2.75) is 38.2 Å². The first-order chi connectivity index (χ1) is 13.7. The van der Waals surface area contributed by atoms with E-state index in [0.29, 0.717) is 32.8 Å². The maximum Gasteiger partial charge on any atom is 0.322 e. The monoisotopic (exact) mass is 386 g/mol. The maximum atomic E-state index is 12.8. The molecule has 0 bridgehead atoms. The van der Waals surface area contributed by atoms with E-state index in [-0.39, 0.29) is 18.0 Å². The Morgan fingerprint density at radius 2 is 1.61 bits per heavy atom. The smallest absolute Gasteiger partial charge is 0.322 e. The van der Waals surface area contributed by atoms with E-state index >= 15 is 0 Å². The van der Waals surface area contributed by atoms with Crippen LogP contribution in [-0.2, 0) is 9.53 Å². The van der Waals surface area contributed by atoms with Crippen LogP contribution in [0.2, 0.25) is 0 Å². The van der Waals surface area contributed by atoms with Gasteiger partial charge in [0.2, 0.25) is 0 Å². The molecule has 1 unspecified atom stereocenters. The maximum absolute atomic E-state index is 12.8. The number of carbonyl (C=O) groups excluding carboxylic acids is 2. The van der Waals surface area contributed by atoms with Crippen LogP contribution in [0.15, 0.2) is 24.3 Å². The summed E-state index contributed by atoms with van der Waals surface area (Å²) in [5, 5.41) is 3.09. The fraction of sp³-hybridized carbons (Fsp3) is 0.619. The highest BCUT2D eigenvalue weighted by atomic mass is 16.5. The summed E-state index contributed by atoms with van der Waals surface area (Å²) in [6.45, 7) is 5.00. The Morgan fingerprint density at radius 3 is 2.32 bits per heavy atom. The van der Waals surface area contributed by atoms with Crippen LogP contribution in [0.4, 0.5) is 16.2 Å². The van der Waals surface area contributed by atoms with Gasteiger partial charge in [0.1, 0.15) is 6.10 Å². The van der Waals surface area contributed by atoms with E-state index in [0.717, 1.165) is 37.3 Å². The second-order valence-corrected chi connectivity index (χ2v) is 7.81. The number of piperazine rings is 1. The van der Waals surface area contributed by atoms with Crippen LogP contribution in [0.1, 0.15) is 32.1 Å². The first-order valence-corrected chi connectivity index (χ1v) is 10.5. The SMILES string of the molecule is O=C(Nc1ccccc1N1CCCCC1)N1CCN(C(=O)C2CCCO2)CC1. The lowest BCUT2D eigenvalue weighted by Crippen LogP contribution is -2.53. The molecule has 1 aromatic carbocycles. The van der Waals surface area contributed by atoms with E-state index in [4.69, 9.17) is 4.74 Å². The van der Waals surface area contributed by atoms with E-state index < -0.39 is 0 Å². The van der Waals surface area contributed by atoms with Crippen LogP contribution in [0, 0.1) is 0 Å². The molecule has 3 saturated heterocycles. The van der Waals surface area contributed by atoms with Gasteiger partial charge in [-0.15, -0.1) is 0 Å². The molecule has 3 heterocycles. The molecule has 3 fully saturated rings. The van der Waals surface area contributed by atoms with Crippen LogP contribution in [-0.4, -0.2) is 73.7 Å². The number of ether oxygens (including phenoxy) is 1. The van der Waals surface area contributed by atoms with Crippen LogP contribution in [0.5, 0.6) is 0 Å². The van der Waals surface area contributed by atoms with E-state index in [1.165, 1.54) is 19.3 Å². The standard InChI is InChI=1S/C21H30N4O3/c26-20(19-9-6-16-28-19)24-12-14-25(15-13-24)21(27)22-17-7-2-3-8-18(17)23-10-4-1-5-11-23/h2-3,7-8,19H,1,4-6,9-16H2,(H,22,27). The number of anilines is 2. The third-order valence-electron chi connectivity index (χ3n) is 5.93. The van der Waals surface area contributed by atoms with Crippen LogP contribution in [0.25, 0.3) is 0 Å². The van der Waals surface area contributed by atoms with Crippen molar-refractivity contribution < 1.29 is 14.3 Å². The van der Waals surface area contributed by atoms with Gasteiger partial charge in [-0.1, -0.05) is 12.1 Å². The van der Waals surface area contributed by atoms with Gasteiger partial charge in [-0.05, 0) is 44.2 Å². The summed E-state index contributed by atoms with van der Waals surface area (Å²) in [7, 11) is 0. The number of para-hydroxylation sites is 2. The zero-order valence-electron chi connectivity index (χ0n) is 16.4. The molecular weight excluding hydrogens is 356 g/mol. The predicted molar refractivity (Wildman–Crippen MR) is 109 cm³/mol. The lowest BCUT2D eigenvalue weighted by atomic mass is 10.1. The van der Waals surface area contributed by atoms with Crippen molar-refractivity contribution in [2.75, 3.05) is 56.1 Å². The minimum absolute atomic E-state index is 0.0769. The summed E-state index contributed by atoms with van der Waals surface area (Å²) >= 11 is 0. The molecule has 1 N–H and O–H groups in total. The summed E-state index contributed by atoms with van der Waals surface area (Å²) < 4.78 is 5.50. The lowest BCUT2D eigenvalue weighted by molar-refractivity contribution is -0.142. The molecule has 0 aliphatic carbocycles. The summed E-state index contributed by atoms with van der Waals surface area (Å²) in [5.41, 5.74) is 1.97. The number of hydrogen-bond donors (Lipinski definition) is 1. The Labute approximate surface area is 166 Å². The molecule has 28 heavy (non-hydrogen) atoms. The van der Waals surface area contributed by atoms with Crippen LogP contribution in [0.3, 0.4) is 0 Å². The zero-order valence-corrected chi connectivity index (χ0v) is 16.4. The number of nitrogens with one attached hydrogen (secondary N) is 1. The molecule has 0 aromatic heterocycles. The van der Waals surface area contributed by atoms with Gasteiger partial charge < -0.3 is 24.8 Å². The van der Waals surface area contributed by atoms with Crippen molar-refractivity contribution >= 4 is 23.3 Å². The second kappa shape index (κ2) is 8.82. The van der Waals surface area contributed by atoms with Gasteiger partial charge in [0.05, 0.1) is 11.4 Å². The topological polar surface area (TPSA) is 65.1 Å². The molecule has 152 valence electrons. The Morgan fingerprint density at radius 1 is 0.893 bits per heavy atom. The molecule has 3 aliphatic heterocycles. The lowest BCUT2D eigenvalue weighted by Gasteiger charge is -2.36. The number of urea groups is 1. The molecular formula is C21H30N4O3. The van der Waals surface area contributed by atoms with Gasteiger partial charge in [0.25, 0.3) is 5.91 Å². The minimum Gasteiger partial charge on any atom is -0.370 e. The third kappa shape index (κ3) is 4.24. The predicted octanol–water partition coefficient (Wildman–Crippen LogP) is 2.53. The van der Waals surface area contributed by atoms with Gasteiger partial charge >= 0.3 is 6.03 Å². The number of nitrogens with zero attached hydrogens (tertiary/aromatic N) is 3. The van der Waals surface area contributed by atoms with Crippen molar-refractivity contribution in [1.29, 1.82) is 0 Å². The Balaban J connectivity index is 1.33. The quantitative estimate of drug-likeness (QED) is 0.867. The van der Waals surface area contributed by atoms with Crippen molar-refractivity contribution in [3.8, 4) is 0 Å². The Kier molecular flexibility index (Phi) is 6.00. The molecule has 0 spiro atoms. The van der Waals surface area contributed by atoms with Crippen molar-refractivity contribution in [3.63, 3.8) is 0 Å². The number of rotatable bonds is 3. The van der Waals surface area contributed by atoms with Gasteiger partial charge in [-0.25, -0.2) is 4.79 Å². The number of amides is 3. The second-order valence-electron chi connectivity index (χ2n) is 7.81. The summed E-state index contributed by atoms with van der Waals surface area (Å²) in [6, 6.07) is 7.95. The molecule has 0 radical (unpaired) electrons. The molecule has 0 saturated carbocycles. The minimum atomic E-state index is -0.281. The number of hydrogen-bond acceptors (Lipinski definition) is 4. The van der Waals surface area contributed by atoms with Crippen molar-refractivity contribution in [3.05, 3.63) is 24.3 Å². The number of piperidine rings is 1. The molecule has 3 amide bonds. The number of benzene rings is 1.